The van der Waals surface area contributed by atoms with Crippen LogP contribution in [0.15, 0.2) is 30.3 Å². The number of fused-ring (bicyclic) bond motifs is 1. The van der Waals surface area contributed by atoms with E-state index in [0.717, 1.165) is 6.42 Å². The van der Waals surface area contributed by atoms with Crippen molar-refractivity contribution in [1.82, 2.24) is 0 Å². The minimum absolute atomic E-state index is 0. The molecule has 2 rings (SSSR count). The van der Waals surface area contributed by atoms with Crippen LogP contribution >= 0.6 is 12.4 Å². The molecule has 1 aliphatic rings. The predicted molar refractivity (Wildman–Crippen MR) is 82.1 cm³/mol. The van der Waals surface area contributed by atoms with Gasteiger partial charge in [-0.1, -0.05) is 36.4 Å². The van der Waals surface area contributed by atoms with Crippen LogP contribution in [-0.2, 0) is 14.3 Å². The summed E-state index contributed by atoms with van der Waals surface area (Å²) in [6.45, 7) is 4.25. The van der Waals surface area contributed by atoms with Gasteiger partial charge in [0.15, 0.2) is 0 Å². The van der Waals surface area contributed by atoms with Gasteiger partial charge in [0.05, 0.1) is 12.7 Å². The number of ether oxygens (including phenoxy) is 2. The van der Waals surface area contributed by atoms with E-state index in [9.17, 15) is 4.79 Å². The van der Waals surface area contributed by atoms with Crippen LogP contribution in [0, 0.1) is 0 Å². The summed E-state index contributed by atoms with van der Waals surface area (Å²) in [7, 11) is 0. The number of halogens is 1. The molecule has 0 saturated heterocycles. The first kappa shape index (κ1) is 16.7. The van der Waals surface area contributed by atoms with E-state index < -0.39 is 0 Å². The molecular weight excluding hydrogens is 276 g/mol. The second kappa shape index (κ2) is 8.08. The molecule has 1 aliphatic carbocycles. The van der Waals surface area contributed by atoms with Crippen molar-refractivity contribution in [2.75, 3.05) is 13.2 Å². The van der Waals surface area contributed by atoms with E-state index in [1.54, 1.807) is 0 Å². The zero-order valence-corrected chi connectivity index (χ0v) is 12.7. The summed E-state index contributed by atoms with van der Waals surface area (Å²) in [4.78, 5) is 11.4. The summed E-state index contributed by atoms with van der Waals surface area (Å²) in [6, 6.07) is 8.30. The van der Waals surface area contributed by atoms with E-state index in [1.165, 1.54) is 11.1 Å². The van der Waals surface area contributed by atoms with Gasteiger partial charge in [0.1, 0.15) is 6.61 Å². The Labute approximate surface area is 126 Å². The van der Waals surface area contributed by atoms with Crippen LogP contribution in [0.25, 0.3) is 6.08 Å². The van der Waals surface area contributed by atoms with Crippen LogP contribution in [0.1, 0.15) is 37.3 Å². The summed E-state index contributed by atoms with van der Waals surface area (Å²) in [5, 5.41) is 0. The predicted octanol–water partition coefficient (Wildman–Crippen LogP) is 3.58. The Hall–Kier alpha value is -1.32. The minimum atomic E-state index is -0.297. The molecule has 0 fully saturated rings. The van der Waals surface area contributed by atoms with Crippen LogP contribution in [0.5, 0.6) is 0 Å². The number of hydrogen-bond donors (Lipinski definition) is 0. The van der Waals surface area contributed by atoms with Crippen molar-refractivity contribution in [3.63, 3.8) is 0 Å². The summed E-state index contributed by atoms with van der Waals surface area (Å²) >= 11 is 0. The van der Waals surface area contributed by atoms with Gasteiger partial charge in [-0.2, -0.15) is 0 Å². The standard InChI is InChI=1S/C16H20O3.ClH/c1-12(2)19-16(17)11-18-10-14-8-5-7-13-6-3-4-9-15(13)14;/h3-7,9,12,14H,8,10-11H2,1-2H3;1H. The van der Waals surface area contributed by atoms with Gasteiger partial charge in [-0.15, -0.1) is 12.4 Å². The lowest BCUT2D eigenvalue weighted by Crippen LogP contribution is -2.19. The average Bonchev–Trinajstić information content (AvgIpc) is 2.38. The maximum atomic E-state index is 11.4. The third-order valence-corrected chi connectivity index (χ3v) is 3.06. The lowest BCUT2D eigenvalue weighted by atomic mass is 9.88. The van der Waals surface area contributed by atoms with Gasteiger partial charge in [0, 0.05) is 5.92 Å². The molecule has 20 heavy (non-hydrogen) atoms. The van der Waals surface area contributed by atoms with E-state index in [0.29, 0.717) is 12.5 Å². The third-order valence-electron chi connectivity index (χ3n) is 3.06. The van der Waals surface area contributed by atoms with Crippen LogP contribution in [0.3, 0.4) is 0 Å². The van der Waals surface area contributed by atoms with Crippen molar-refractivity contribution >= 4 is 24.5 Å². The van der Waals surface area contributed by atoms with Crippen molar-refractivity contribution < 1.29 is 14.3 Å². The number of benzene rings is 1. The van der Waals surface area contributed by atoms with Crippen molar-refractivity contribution in [3.05, 3.63) is 41.5 Å². The van der Waals surface area contributed by atoms with E-state index in [4.69, 9.17) is 9.47 Å². The Kier molecular flexibility index (Phi) is 6.76. The molecule has 0 aromatic heterocycles. The third kappa shape index (κ3) is 4.66. The summed E-state index contributed by atoms with van der Waals surface area (Å²) in [5.41, 5.74) is 2.54. The lowest BCUT2D eigenvalue weighted by Gasteiger charge is -2.21. The second-order valence-corrected chi connectivity index (χ2v) is 5.02. The molecular formula is C16H21ClO3. The molecule has 0 spiro atoms. The molecule has 0 bridgehead atoms. The van der Waals surface area contributed by atoms with Crippen molar-refractivity contribution in [1.29, 1.82) is 0 Å². The normalized spacial score (nSPS) is 16.4. The van der Waals surface area contributed by atoms with Crippen LogP contribution < -0.4 is 0 Å². The molecule has 1 atom stereocenters. The lowest BCUT2D eigenvalue weighted by molar-refractivity contribution is -0.152. The van der Waals surface area contributed by atoms with E-state index in [2.05, 4.69) is 24.3 Å². The molecule has 0 heterocycles. The monoisotopic (exact) mass is 296 g/mol. The number of allylic oxidation sites excluding steroid dienone is 1. The number of esters is 1. The van der Waals surface area contributed by atoms with Gasteiger partial charge in [-0.25, -0.2) is 4.79 Å². The van der Waals surface area contributed by atoms with Crippen LogP contribution in [0.2, 0.25) is 0 Å². The van der Waals surface area contributed by atoms with E-state index >= 15 is 0 Å². The summed E-state index contributed by atoms with van der Waals surface area (Å²) in [5.74, 6) is 0.0303. The summed E-state index contributed by atoms with van der Waals surface area (Å²) in [6.07, 6.45) is 5.16. The van der Waals surface area contributed by atoms with Crippen LogP contribution in [0.4, 0.5) is 0 Å². The zero-order valence-electron chi connectivity index (χ0n) is 11.9. The largest absolute Gasteiger partial charge is 0.461 e. The molecule has 0 radical (unpaired) electrons. The highest BCUT2D eigenvalue weighted by Gasteiger charge is 2.17. The fraction of sp³-hybridized carbons (Fsp3) is 0.438. The van der Waals surface area contributed by atoms with Crippen molar-refractivity contribution in [2.45, 2.75) is 32.3 Å². The highest BCUT2D eigenvalue weighted by molar-refractivity contribution is 5.85. The molecule has 1 aromatic rings. The molecule has 0 saturated carbocycles. The first-order valence-corrected chi connectivity index (χ1v) is 6.69. The molecule has 0 N–H and O–H groups in total. The highest BCUT2D eigenvalue weighted by atomic mass is 35.5. The average molecular weight is 297 g/mol. The quantitative estimate of drug-likeness (QED) is 0.779. The molecule has 1 aromatic carbocycles. The Morgan fingerprint density at radius 3 is 2.85 bits per heavy atom. The Morgan fingerprint density at radius 1 is 1.35 bits per heavy atom. The SMILES string of the molecule is CC(C)OC(=O)COCC1CC=Cc2ccccc21.Cl. The van der Waals surface area contributed by atoms with E-state index in [1.807, 2.05) is 26.0 Å². The highest BCUT2D eigenvalue weighted by Crippen LogP contribution is 2.29. The zero-order chi connectivity index (χ0) is 13.7. The fourth-order valence-electron chi connectivity index (χ4n) is 2.26. The van der Waals surface area contributed by atoms with Gasteiger partial charge in [-0.3, -0.25) is 0 Å². The smallest absolute Gasteiger partial charge is 0.332 e. The number of hydrogen-bond acceptors (Lipinski definition) is 3. The van der Waals surface area contributed by atoms with Crippen molar-refractivity contribution in [3.8, 4) is 0 Å². The molecule has 0 amide bonds. The second-order valence-electron chi connectivity index (χ2n) is 5.02. The minimum Gasteiger partial charge on any atom is -0.461 e. The number of carbonyl (C=O) groups excluding carboxylic acids is 1. The maximum Gasteiger partial charge on any atom is 0.332 e. The first-order chi connectivity index (χ1) is 9.16. The summed E-state index contributed by atoms with van der Waals surface area (Å²) < 4.78 is 10.5. The van der Waals surface area contributed by atoms with Gasteiger partial charge < -0.3 is 9.47 Å². The van der Waals surface area contributed by atoms with Crippen molar-refractivity contribution in [2.24, 2.45) is 0 Å². The fourth-order valence-corrected chi connectivity index (χ4v) is 2.26. The number of carbonyl (C=O) groups is 1. The van der Waals surface area contributed by atoms with Gasteiger partial charge in [0.2, 0.25) is 0 Å². The maximum absolute atomic E-state index is 11.4. The number of rotatable bonds is 5. The Morgan fingerprint density at radius 2 is 2.10 bits per heavy atom. The van der Waals surface area contributed by atoms with Gasteiger partial charge in [-0.05, 0) is 31.4 Å². The Bertz CT molecular complexity index is 469. The molecule has 3 nitrogen and oxygen atoms in total. The molecule has 1 unspecified atom stereocenters. The Balaban J connectivity index is 0.00000200. The molecule has 4 heteroatoms. The molecule has 0 aliphatic heterocycles. The first-order valence-electron chi connectivity index (χ1n) is 6.69. The topological polar surface area (TPSA) is 35.5 Å². The van der Waals surface area contributed by atoms with Gasteiger partial charge >= 0.3 is 5.97 Å². The van der Waals surface area contributed by atoms with Gasteiger partial charge in [0.25, 0.3) is 0 Å². The van der Waals surface area contributed by atoms with Crippen LogP contribution in [-0.4, -0.2) is 25.3 Å². The van der Waals surface area contributed by atoms with E-state index in [-0.39, 0.29) is 31.1 Å². The molecule has 110 valence electrons.